The van der Waals surface area contributed by atoms with E-state index in [2.05, 4.69) is 194 Å². The van der Waals surface area contributed by atoms with Crippen LogP contribution in [-0.4, -0.2) is 18.3 Å². The summed E-state index contributed by atoms with van der Waals surface area (Å²) in [5.74, 6) is 0. The number of hydrogen-bond acceptors (Lipinski definition) is 2. The molecule has 2 aliphatic heterocycles. The zero-order chi connectivity index (χ0) is 49.3. The van der Waals surface area contributed by atoms with E-state index in [-0.39, 0.29) is 0 Å². The van der Waals surface area contributed by atoms with Gasteiger partial charge in [0.25, 0.3) is 0 Å². The summed E-state index contributed by atoms with van der Waals surface area (Å²) in [6.45, 7) is 4.52. The molecule has 0 amide bonds. The molecule has 2 aliphatic rings. The number of unbranched alkanes of at least 4 members (excludes halogenated alkanes) is 2. The van der Waals surface area contributed by atoms with E-state index in [1.807, 2.05) is 0 Å². The summed E-state index contributed by atoms with van der Waals surface area (Å²) in [7, 11) is 49.9. The predicted molar refractivity (Wildman–Crippen MR) is 308 cm³/mol. The maximum absolute atomic E-state index is 5.42. The summed E-state index contributed by atoms with van der Waals surface area (Å²) in [6.07, 6.45) is 7.09. The Balaban J connectivity index is 0.000000428. The van der Waals surface area contributed by atoms with Crippen molar-refractivity contribution in [2.75, 3.05) is 9.80 Å². The van der Waals surface area contributed by atoms with Crippen molar-refractivity contribution in [3.05, 3.63) is 181 Å². The Hall–Kier alpha value is -0.824. The van der Waals surface area contributed by atoms with Gasteiger partial charge >= 0.3 is 124 Å². The predicted octanol–water partition coefficient (Wildman–Crippen LogP) is 19.8. The van der Waals surface area contributed by atoms with Gasteiger partial charge in [0.15, 0.2) is 22.7 Å². The molecule has 0 radical (unpaired) electrons. The Bertz CT molecular complexity index is 2590. The normalized spacial score (nSPS) is 15.6. The van der Waals surface area contributed by atoms with Gasteiger partial charge in [-0.15, -0.1) is 0 Å². The number of aryl methyl sites for hydroxylation is 2. The van der Waals surface area contributed by atoms with Crippen molar-refractivity contribution in [2.45, 2.75) is 52.4 Å². The molecular weight excluding hydrogens is 1330 g/mol. The molecule has 0 spiro atoms. The fourth-order valence-electron chi connectivity index (χ4n) is 8.46. The van der Waals surface area contributed by atoms with Gasteiger partial charge in [0, 0.05) is 47.8 Å². The molecule has 0 aliphatic carbocycles. The zero-order valence-electron chi connectivity index (χ0n) is 36.7. The van der Waals surface area contributed by atoms with Crippen molar-refractivity contribution in [1.82, 2.24) is 0 Å². The molecule has 0 fully saturated rings. The molecule has 0 aromatic heterocycles. The van der Waals surface area contributed by atoms with Gasteiger partial charge in [-0.05, 0) is 85.3 Å². The molecule has 0 unspecified atom stereocenters. The molecule has 362 valence electrons. The number of nitrogens with zero attached hydrogens (tertiary/aromatic N) is 2. The van der Waals surface area contributed by atoms with Crippen LogP contribution in [0.1, 0.15) is 50.7 Å². The molecule has 4 nitrogen and oxygen atoms in total. The number of para-hydroxylation sites is 8. The van der Waals surface area contributed by atoms with E-state index < -0.39 is 18.3 Å². The molecule has 0 atom stereocenters. The first-order valence-electron chi connectivity index (χ1n) is 21.8. The number of anilines is 6. The third kappa shape index (κ3) is 16.1. The molecule has 18 heteroatoms. The fraction of sp³-hybridized carbons (Fsp3) is 0.160. The van der Waals surface area contributed by atoms with Crippen LogP contribution in [0.25, 0.3) is 0 Å². The van der Waals surface area contributed by atoms with E-state index in [0.717, 1.165) is 12.8 Å². The van der Waals surface area contributed by atoms with Gasteiger partial charge in [-0.25, -0.2) is 9.80 Å². The maximum atomic E-state index is 5.06. The first-order chi connectivity index (χ1) is 31.6. The van der Waals surface area contributed by atoms with E-state index in [9.17, 15) is 0 Å². The number of nitrogens with one attached hydrogen (secondary N) is 2. The molecule has 68 heavy (non-hydrogen) atoms. The van der Waals surface area contributed by atoms with Crippen molar-refractivity contribution in [3.63, 3.8) is 0 Å². The van der Waals surface area contributed by atoms with Crippen molar-refractivity contribution >= 4 is 192 Å². The van der Waals surface area contributed by atoms with Crippen LogP contribution in [-0.2, 0) is 12.8 Å². The average molecular weight is 1370 g/mol. The Kier molecular flexibility index (Phi) is 16.5. The van der Waals surface area contributed by atoms with Crippen LogP contribution in [0.3, 0.4) is 0 Å². The topological polar surface area (TPSA) is 15.4 Å². The monoisotopic (exact) mass is 1370 g/mol. The molecule has 7 aromatic rings. The fourth-order valence-corrected chi connectivity index (χ4v) is 8.46. The quantitative estimate of drug-likeness (QED) is 0.133. The number of benzene rings is 7. The van der Waals surface area contributed by atoms with Gasteiger partial charge < -0.3 is 0 Å². The van der Waals surface area contributed by atoms with E-state index in [4.69, 9.17) is 106 Å². The van der Waals surface area contributed by atoms with Crippen molar-refractivity contribution in [2.24, 2.45) is 0 Å². The second-order valence-corrected chi connectivity index (χ2v) is 130. The number of hydrogen-bond donors (Lipinski definition) is 2. The Morgan fingerprint density at radius 2 is 0.618 bits per heavy atom. The van der Waals surface area contributed by atoms with Gasteiger partial charge in [-0.1, -0.05) is 106 Å². The average Bonchev–Trinajstić information content (AvgIpc) is 3.27. The summed E-state index contributed by atoms with van der Waals surface area (Å²) in [5, 5.41) is 0. The van der Waals surface area contributed by atoms with Gasteiger partial charge in [0.05, 0.1) is 6.07 Å². The summed E-state index contributed by atoms with van der Waals surface area (Å²) in [6, 6.07) is 63.3. The molecule has 0 bridgehead atoms. The van der Waals surface area contributed by atoms with Crippen LogP contribution in [0.5, 0.6) is 0 Å². The molecule has 9 rings (SSSR count). The van der Waals surface area contributed by atoms with Crippen molar-refractivity contribution in [1.29, 1.82) is 0 Å². The van der Waals surface area contributed by atoms with Gasteiger partial charge in [0.1, 0.15) is 34.1 Å². The van der Waals surface area contributed by atoms with Crippen LogP contribution < -0.4 is 19.6 Å². The third-order valence-corrected chi connectivity index (χ3v) is 11.1. The molecule has 7 aromatic carbocycles. The Morgan fingerprint density at radius 3 is 0.882 bits per heavy atom. The number of quaternary nitrogens is 2. The van der Waals surface area contributed by atoms with Gasteiger partial charge in [-0.2, -0.15) is 0 Å². The van der Waals surface area contributed by atoms with E-state index >= 15 is 0 Å². The summed E-state index contributed by atoms with van der Waals surface area (Å²) < 4.78 is 0. The Labute approximate surface area is 439 Å². The summed E-state index contributed by atoms with van der Waals surface area (Å²) in [4.78, 5) is 7.41. The minimum atomic E-state index is -5.42. The van der Waals surface area contributed by atoms with Crippen molar-refractivity contribution < 1.29 is 9.80 Å². The van der Waals surface area contributed by atoms with E-state index in [1.54, 1.807) is 0 Å². The molecule has 0 saturated carbocycles. The van der Waals surface area contributed by atoms with Gasteiger partial charge in [0.2, 0.25) is 0 Å². The van der Waals surface area contributed by atoms with Gasteiger partial charge in [-0.3, -0.25) is 9.80 Å². The summed E-state index contributed by atoms with van der Waals surface area (Å²) in [5.41, 5.74) is 17.4. The first-order valence-corrected chi connectivity index (χ1v) is 60.6. The second kappa shape index (κ2) is 20.5. The SMILES string of the molecule is CCCCc1ccc(N2c3ccccc3[NH+](c3cccc([NH+]4c5ccccc5N(c5ccc(CCCC)cc5)c5ccccc54)c3)c3ccccc32)cc1.[Cl][Sb-]([Cl])([Cl])([Cl])([Cl])[Cl].[Cl][Sb-]([Cl])([Cl])([Cl])([Cl])[Cl]. The third-order valence-electron chi connectivity index (χ3n) is 11.1. The van der Waals surface area contributed by atoms with Crippen LogP contribution >= 0.6 is 106 Å². The standard InChI is InChI=1S/C50H46N4.12ClH.2Sb/c1-3-5-16-37-28-32-39(33-29-37)51-43-20-7-11-24-47(43)53(48-25-12-8-21-44(48)51)41-18-15-19-42(36-41)54-49-26-13-9-22-45(49)52(46-23-10-14-27-50(46)54)40-34-30-38(31-35-40)17-6-4-2;;;;;;;;;;;;;;/h7-15,18-36H,3-6,16-17H2,1-2H3;12*1H;;/q;;;;;;;;;;;;;2*+5/p-10. The first kappa shape index (κ1) is 54.9. The summed E-state index contributed by atoms with van der Waals surface area (Å²) >= 11 is 0. The number of rotatable bonds is 10. The minimum absolute atomic E-state index is 1.12. The van der Waals surface area contributed by atoms with Crippen LogP contribution in [0.4, 0.5) is 68.2 Å². The van der Waals surface area contributed by atoms with Crippen LogP contribution in [0, 0.1) is 0 Å². The van der Waals surface area contributed by atoms with Crippen molar-refractivity contribution in [3.8, 4) is 0 Å². The zero-order valence-corrected chi connectivity index (χ0v) is 50.9. The van der Waals surface area contributed by atoms with Crippen LogP contribution in [0.2, 0.25) is 0 Å². The Morgan fingerprint density at radius 1 is 0.353 bits per heavy atom. The second-order valence-electron chi connectivity index (χ2n) is 16.5. The van der Waals surface area contributed by atoms with E-state index in [0.29, 0.717) is 0 Å². The number of halogens is 12. The molecule has 2 heterocycles. The number of fused-ring (bicyclic) bond motifs is 4. The van der Waals surface area contributed by atoms with Crippen LogP contribution in [0.15, 0.2) is 170 Å². The molecule has 2 N–H and O–H groups in total. The van der Waals surface area contributed by atoms with E-state index in [1.165, 1.54) is 115 Å². The molecule has 0 saturated heterocycles. The molecular formula is C50H48Cl12N4Sb2.